The highest BCUT2D eigenvalue weighted by Gasteiger charge is 2.57. The number of fused-ring (bicyclic) bond motifs is 1. The van der Waals surface area contributed by atoms with Crippen molar-refractivity contribution in [3.63, 3.8) is 0 Å². The lowest BCUT2D eigenvalue weighted by Crippen LogP contribution is -2.69. The number of hydrogen-bond acceptors (Lipinski definition) is 3. The number of halogens is 1. The molecule has 2 aliphatic rings. The summed E-state index contributed by atoms with van der Waals surface area (Å²) in [5.41, 5.74) is 0.245. The first kappa shape index (κ1) is 18.2. The molecule has 2 N–H and O–H groups in total. The van der Waals surface area contributed by atoms with E-state index in [1.54, 1.807) is 0 Å². The second kappa shape index (κ2) is 7.09. The van der Waals surface area contributed by atoms with E-state index in [4.69, 9.17) is 0 Å². The lowest BCUT2D eigenvalue weighted by molar-refractivity contribution is -0.180. The number of amides is 2. The molecule has 0 aromatic heterocycles. The summed E-state index contributed by atoms with van der Waals surface area (Å²) in [7, 11) is 0. The number of benzene rings is 2. The topological polar surface area (TPSA) is 69.6 Å². The molecule has 2 aromatic carbocycles. The van der Waals surface area contributed by atoms with Crippen molar-refractivity contribution in [1.82, 2.24) is 10.2 Å². The average molecular weight is 429 g/mol. The molecule has 0 unspecified atom stereocenters. The zero-order chi connectivity index (χ0) is 19.0. The molecule has 27 heavy (non-hydrogen) atoms. The Labute approximate surface area is 166 Å². The molecule has 0 bridgehead atoms. The quantitative estimate of drug-likeness (QED) is 0.781. The Bertz CT molecular complexity index is 873. The van der Waals surface area contributed by atoms with Crippen LogP contribution >= 0.6 is 15.9 Å². The summed E-state index contributed by atoms with van der Waals surface area (Å²) in [6.45, 7) is 0.262. The summed E-state index contributed by atoms with van der Waals surface area (Å²) in [4.78, 5) is 27.3. The monoisotopic (exact) mass is 428 g/mol. The predicted octanol–water partition coefficient (Wildman–Crippen LogP) is 3.77. The van der Waals surface area contributed by atoms with E-state index in [-0.39, 0.29) is 18.4 Å². The molecule has 1 saturated heterocycles. The highest BCUT2D eigenvalue weighted by Crippen LogP contribution is 2.45. The summed E-state index contributed by atoms with van der Waals surface area (Å²) in [5.74, 6) is -0.700. The SMILES string of the molecule is O=C1CCC[C@]2(O)[C@@H]1[C@@H](c1cccc(Br)c1)NC(=O)N2Cc1ccccc1. The number of rotatable bonds is 3. The van der Waals surface area contributed by atoms with Crippen molar-refractivity contribution in [1.29, 1.82) is 0 Å². The lowest BCUT2D eigenvalue weighted by Gasteiger charge is -2.53. The Morgan fingerprint density at radius 3 is 2.67 bits per heavy atom. The van der Waals surface area contributed by atoms with Crippen molar-refractivity contribution in [3.05, 3.63) is 70.2 Å². The number of urea groups is 1. The Balaban J connectivity index is 1.74. The second-order valence-corrected chi connectivity index (χ2v) is 8.15. The zero-order valence-electron chi connectivity index (χ0n) is 14.8. The highest BCUT2D eigenvalue weighted by molar-refractivity contribution is 9.10. The molecule has 2 aromatic rings. The van der Waals surface area contributed by atoms with E-state index in [1.165, 1.54) is 4.90 Å². The van der Waals surface area contributed by atoms with Crippen LogP contribution in [-0.2, 0) is 11.3 Å². The Morgan fingerprint density at radius 1 is 1.15 bits per heavy atom. The molecular weight excluding hydrogens is 408 g/mol. The summed E-state index contributed by atoms with van der Waals surface area (Å²) < 4.78 is 0.868. The van der Waals surface area contributed by atoms with Crippen LogP contribution in [0.2, 0.25) is 0 Å². The van der Waals surface area contributed by atoms with E-state index in [9.17, 15) is 14.7 Å². The van der Waals surface area contributed by atoms with Gasteiger partial charge in [0.25, 0.3) is 0 Å². The number of nitrogens with zero attached hydrogens (tertiary/aromatic N) is 1. The molecule has 5 nitrogen and oxygen atoms in total. The van der Waals surface area contributed by atoms with Crippen LogP contribution in [0.4, 0.5) is 4.79 Å². The van der Waals surface area contributed by atoms with Gasteiger partial charge in [-0.3, -0.25) is 9.69 Å². The summed E-state index contributed by atoms with van der Waals surface area (Å²) in [6, 6.07) is 16.2. The Hall–Kier alpha value is -2.18. The first-order chi connectivity index (χ1) is 13.0. The summed E-state index contributed by atoms with van der Waals surface area (Å²) in [5, 5.41) is 14.6. The standard InChI is InChI=1S/C21H21BrN2O3/c22-16-9-4-8-15(12-16)19-18-17(25)10-5-11-21(18,27)24(20(26)23-19)13-14-6-2-1-3-7-14/h1-4,6-9,12,18-19,27H,5,10-11,13H2,(H,23,26)/t18-,19+,21-/m0/s1. The maximum absolute atomic E-state index is 13.0. The van der Waals surface area contributed by atoms with Gasteiger partial charge in [0.05, 0.1) is 18.5 Å². The third kappa shape index (κ3) is 3.28. The smallest absolute Gasteiger partial charge is 0.320 e. The molecule has 2 amide bonds. The number of carbonyl (C=O) groups is 2. The van der Waals surface area contributed by atoms with Crippen molar-refractivity contribution in [2.75, 3.05) is 0 Å². The molecule has 1 aliphatic heterocycles. The van der Waals surface area contributed by atoms with E-state index in [1.807, 2.05) is 54.6 Å². The molecule has 1 heterocycles. The Morgan fingerprint density at radius 2 is 1.93 bits per heavy atom. The maximum Gasteiger partial charge on any atom is 0.320 e. The van der Waals surface area contributed by atoms with Crippen LogP contribution in [0.15, 0.2) is 59.1 Å². The number of Topliss-reactive ketones (excluding diaryl/α,β-unsaturated/α-hetero) is 1. The molecule has 6 heteroatoms. The molecule has 1 aliphatic carbocycles. The first-order valence-electron chi connectivity index (χ1n) is 9.12. The number of hydrogen-bond donors (Lipinski definition) is 2. The average Bonchev–Trinajstić information content (AvgIpc) is 2.65. The third-order valence-corrected chi connectivity index (χ3v) is 6.02. The van der Waals surface area contributed by atoms with Gasteiger partial charge in [0.2, 0.25) is 0 Å². The van der Waals surface area contributed by atoms with Crippen molar-refractivity contribution < 1.29 is 14.7 Å². The minimum absolute atomic E-state index is 0.00760. The van der Waals surface area contributed by atoms with Gasteiger partial charge in [-0.25, -0.2) is 4.79 Å². The van der Waals surface area contributed by atoms with E-state index >= 15 is 0 Å². The van der Waals surface area contributed by atoms with Gasteiger partial charge in [-0.2, -0.15) is 0 Å². The lowest BCUT2D eigenvalue weighted by atomic mass is 9.71. The molecule has 3 atom stereocenters. The van der Waals surface area contributed by atoms with Gasteiger partial charge in [0, 0.05) is 10.9 Å². The van der Waals surface area contributed by atoms with Crippen LogP contribution in [0.5, 0.6) is 0 Å². The van der Waals surface area contributed by atoms with Crippen LogP contribution < -0.4 is 5.32 Å². The zero-order valence-corrected chi connectivity index (χ0v) is 16.4. The van der Waals surface area contributed by atoms with E-state index in [0.29, 0.717) is 19.3 Å². The van der Waals surface area contributed by atoms with Crippen molar-refractivity contribution in [2.24, 2.45) is 5.92 Å². The van der Waals surface area contributed by atoms with Crippen LogP contribution in [0, 0.1) is 5.92 Å². The molecule has 2 fully saturated rings. The van der Waals surface area contributed by atoms with Gasteiger partial charge in [-0.1, -0.05) is 58.4 Å². The largest absolute Gasteiger partial charge is 0.370 e. The number of ketones is 1. The van der Waals surface area contributed by atoms with Crippen LogP contribution in [0.25, 0.3) is 0 Å². The van der Waals surface area contributed by atoms with Gasteiger partial charge in [0.15, 0.2) is 5.72 Å². The van der Waals surface area contributed by atoms with Crippen molar-refractivity contribution in [2.45, 2.75) is 37.6 Å². The van der Waals surface area contributed by atoms with Gasteiger partial charge in [0.1, 0.15) is 5.78 Å². The van der Waals surface area contributed by atoms with E-state index in [2.05, 4.69) is 21.2 Å². The second-order valence-electron chi connectivity index (χ2n) is 7.23. The van der Waals surface area contributed by atoms with Crippen molar-refractivity contribution in [3.8, 4) is 0 Å². The summed E-state index contributed by atoms with van der Waals surface area (Å²) in [6.07, 6.45) is 1.40. The van der Waals surface area contributed by atoms with Gasteiger partial charge in [-0.05, 0) is 36.1 Å². The maximum atomic E-state index is 13.0. The minimum Gasteiger partial charge on any atom is -0.370 e. The fourth-order valence-corrected chi connectivity index (χ4v) is 4.68. The Kier molecular flexibility index (Phi) is 4.78. The van der Waals surface area contributed by atoms with Crippen LogP contribution in [0.1, 0.15) is 36.4 Å². The first-order valence-corrected chi connectivity index (χ1v) is 9.91. The van der Waals surface area contributed by atoms with Gasteiger partial charge < -0.3 is 10.4 Å². The van der Waals surface area contributed by atoms with Gasteiger partial charge >= 0.3 is 6.03 Å². The van der Waals surface area contributed by atoms with Crippen LogP contribution in [0.3, 0.4) is 0 Å². The third-order valence-electron chi connectivity index (χ3n) is 5.53. The molecular formula is C21H21BrN2O3. The molecule has 4 rings (SSSR count). The number of carbonyl (C=O) groups excluding carboxylic acids is 2. The van der Waals surface area contributed by atoms with E-state index in [0.717, 1.165) is 15.6 Å². The predicted molar refractivity (Wildman–Crippen MR) is 105 cm³/mol. The molecule has 0 radical (unpaired) electrons. The summed E-state index contributed by atoms with van der Waals surface area (Å²) >= 11 is 3.45. The molecule has 140 valence electrons. The molecule has 1 saturated carbocycles. The fraction of sp³-hybridized carbons (Fsp3) is 0.333. The highest BCUT2D eigenvalue weighted by atomic mass is 79.9. The van der Waals surface area contributed by atoms with Crippen molar-refractivity contribution >= 4 is 27.7 Å². The molecule has 0 spiro atoms. The van der Waals surface area contributed by atoms with Gasteiger partial charge in [-0.15, -0.1) is 0 Å². The number of aliphatic hydroxyl groups is 1. The minimum atomic E-state index is -1.49. The van der Waals surface area contributed by atoms with Crippen LogP contribution in [-0.4, -0.2) is 27.5 Å². The fourth-order valence-electron chi connectivity index (χ4n) is 4.27. The van der Waals surface area contributed by atoms with E-state index < -0.39 is 17.7 Å². The number of nitrogens with one attached hydrogen (secondary N) is 1. The normalized spacial score (nSPS) is 27.9.